The minimum atomic E-state index is 0.490. The molecule has 0 aliphatic heterocycles. The number of benzene rings is 2. The molecule has 26 heavy (non-hydrogen) atoms. The average Bonchev–Trinajstić information content (AvgIpc) is 3.23. The Morgan fingerprint density at radius 1 is 0.885 bits per heavy atom. The summed E-state index contributed by atoms with van der Waals surface area (Å²) < 4.78 is 7.67. The average molecular weight is 344 g/mol. The molecule has 0 bridgehead atoms. The Labute approximate surface area is 152 Å². The third-order valence-corrected chi connectivity index (χ3v) is 4.48. The van der Waals surface area contributed by atoms with E-state index in [1.807, 2.05) is 24.5 Å². The zero-order chi connectivity index (χ0) is 18.1. The van der Waals surface area contributed by atoms with Gasteiger partial charge in [0.2, 0.25) is 11.8 Å². The number of nitrogens with zero attached hydrogens (tertiary/aromatic N) is 4. The third-order valence-electron chi connectivity index (χ3n) is 4.48. The Bertz CT molecular complexity index is 1030. The molecule has 2 aromatic carbocycles. The van der Waals surface area contributed by atoms with Crippen molar-refractivity contribution in [3.8, 4) is 22.5 Å². The first-order valence-electron chi connectivity index (χ1n) is 8.59. The minimum absolute atomic E-state index is 0.490. The van der Waals surface area contributed by atoms with Crippen LogP contribution in [0, 0.1) is 20.8 Å². The first-order valence-corrected chi connectivity index (χ1v) is 8.59. The second-order valence-electron chi connectivity index (χ2n) is 6.42. The van der Waals surface area contributed by atoms with E-state index in [4.69, 9.17) is 9.40 Å². The molecule has 4 rings (SSSR count). The monoisotopic (exact) mass is 344 g/mol. The number of hydrogen-bond acceptors (Lipinski definition) is 4. The van der Waals surface area contributed by atoms with Gasteiger partial charge in [0.25, 0.3) is 0 Å². The van der Waals surface area contributed by atoms with Gasteiger partial charge in [0, 0.05) is 18.1 Å². The molecule has 0 aliphatic carbocycles. The summed E-state index contributed by atoms with van der Waals surface area (Å²) in [5, 5.41) is 8.07. The quantitative estimate of drug-likeness (QED) is 0.544. The molecule has 0 aliphatic rings. The maximum atomic E-state index is 5.58. The molecule has 0 spiro atoms. The van der Waals surface area contributed by atoms with Crippen LogP contribution in [0.1, 0.15) is 22.9 Å². The summed E-state index contributed by atoms with van der Waals surface area (Å²) in [5.41, 5.74) is 6.74. The van der Waals surface area contributed by atoms with Crippen LogP contribution in [0.2, 0.25) is 0 Å². The molecule has 2 aromatic heterocycles. The Balaban J connectivity index is 1.92. The molecule has 0 saturated carbocycles. The summed E-state index contributed by atoms with van der Waals surface area (Å²) in [5.74, 6) is 1.14. The molecular formula is C21H20N4O. The van der Waals surface area contributed by atoms with Crippen molar-refractivity contribution in [1.29, 1.82) is 0 Å². The van der Waals surface area contributed by atoms with Crippen LogP contribution in [0.25, 0.3) is 22.5 Å². The Morgan fingerprint density at radius 2 is 1.62 bits per heavy atom. The minimum Gasteiger partial charge on any atom is -0.424 e. The van der Waals surface area contributed by atoms with Crippen LogP contribution < -0.4 is 0 Å². The Kier molecular flexibility index (Phi) is 4.13. The Hall–Kier alpha value is -3.21. The number of hydrogen-bond donors (Lipinski definition) is 0. The normalized spacial score (nSPS) is 11.0. The van der Waals surface area contributed by atoms with E-state index >= 15 is 0 Å². The molecular weight excluding hydrogens is 324 g/mol. The topological polar surface area (TPSA) is 56.7 Å². The van der Waals surface area contributed by atoms with Crippen molar-refractivity contribution in [3.05, 3.63) is 77.8 Å². The van der Waals surface area contributed by atoms with Gasteiger partial charge in [-0.15, -0.1) is 10.2 Å². The van der Waals surface area contributed by atoms with Crippen LogP contribution in [0.3, 0.4) is 0 Å². The third kappa shape index (κ3) is 2.92. The van der Waals surface area contributed by atoms with Gasteiger partial charge < -0.3 is 8.98 Å². The van der Waals surface area contributed by atoms with Crippen molar-refractivity contribution >= 4 is 0 Å². The van der Waals surface area contributed by atoms with E-state index in [1.54, 1.807) is 6.92 Å². The highest BCUT2D eigenvalue weighted by molar-refractivity contribution is 5.82. The summed E-state index contributed by atoms with van der Waals surface area (Å²) in [6.45, 7) is 6.55. The Morgan fingerprint density at radius 3 is 2.27 bits per heavy atom. The summed E-state index contributed by atoms with van der Waals surface area (Å²) in [6.07, 6.45) is 1.85. The van der Waals surface area contributed by atoms with E-state index < -0.39 is 0 Å². The standard InChI is InChI=1S/C21H20N4O/c1-14-8-7-9-15(2)19(14)21-20(17-10-5-4-6-11-17)22-13-25(21)12-18-24-23-16(3)26-18/h4-11,13H,12H2,1-3H3. The van der Waals surface area contributed by atoms with Crippen molar-refractivity contribution in [2.24, 2.45) is 0 Å². The second-order valence-corrected chi connectivity index (χ2v) is 6.42. The van der Waals surface area contributed by atoms with E-state index in [0.29, 0.717) is 18.3 Å². The van der Waals surface area contributed by atoms with E-state index in [9.17, 15) is 0 Å². The van der Waals surface area contributed by atoms with E-state index in [2.05, 4.69) is 58.9 Å². The van der Waals surface area contributed by atoms with Gasteiger partial charge in [-0.05, 0) is 25.0 Å². The van der Waals surface area contributed by atoms with Crippen LogP contribution in [0.5, 0.6) is 0 Å². The van der Waals surface area contributed by atoms with Crippen molar-refractivity contribution in [3.63, 3.8) is 0 Å². The van der Waals surface area contributed by atoms with Crippen molar-refractivity contribution < 1.29 is 4.42 Å². The molecule has 5 heteroatoms. The molecule has 5 nitrogen and oxygen atoms in total. The zero-order valence-corrected chi connectivity index (χ0v) is 15.1. The summed E-state index contributed by atoms with van der Waals surface area (Å²) in [7, 11) is 0. The van der Waals surface area contributed by atoms with Gasteiger partial charge in [-0.25, -0.2) is 4.98 Å². The molecule has 0 amide bonds. The fourth-order valence-electron chi connectivity index (χ4n) is 3.31. The van der Waals surface area contributed by atoms with Gasteiger partial charge in [-0.3, -0.25) is 0 Å². The van der Waals surface area contributed by atoms with Gasteiger partial charge in [0.05, 0.1) is 17.7 Å². The van der Waals surface area contributed by atoms with Crippen molar-refractivity contribution in [2.75, 3.05) is 0 Å². The van der Waals surface area contributed by atoms with Gasteiger partial charge in [0.1, 0.15) is 6.54 Å². The fourth-order valence-corrected chi connectivity index (χ4v) is 3.31. The SMILES string of the molecule is Cc1nnc(Cn2cnc(-c3ccccc3)c2-c2c(C)cccc2C)o1. The maximum Gasteiger partial charge on any atom is 0.236 e. The summed E-state index contributed by atoms with van der Waals surface area (Å²) in [4.78, 5) is 4.72. The van der Waals surface area contributed by atoms with Crippen LogP contribution in [0.15, 0.2) is 59.3 Å². The highest BCUT2D eigenvalue weighted by Gasteiger charge is 2.19. The molecule has 0 atom stereocenters. The molecule has 2 heterocycles. The number of aromatic nitrogens is 4. The van der Waals surface area contributed by atoms with Gasteiger partial charge in [0.15, 0.2) is 0 Å². The predicted octanol–water partition coefficient (Wildman–Crippen LogP) is 4.57. The van der Waals surface area contributed by atoms with Crippen LogP contribution in [-0.4, -0.2) is 19.7 Å². The lowest BCUT2D eigenvalue weighted by molar-refractivity contribution is 0.455. The number of imidazole rings is 1. The second kappa shape index (κ2) is 6.59. The van der Waals surface area contributed by atoms with E-state index in [0.717, 1.165) is 17.0 Å². The highest BCUT2D eigenvalue weighted by atomic mass is 16.4. The van der Waals surface area contributed by atoms with Gasteiger partial charge >= 0.3 is 0 Å². The molecule has 130 valence electrons. The molecule has 0 unspecified atom stereocenters. The lowest BCUT2D eigenvalue weighted by Gasteiger charge is -2.14. The van der Waals surface area contributed by atoms with Gasteiger partial charge in [-0.2, -0.15) is 0 Å². The first-order chi connectivity index (χ1) is 12.6. The van der Waals surface area contributed by atoms with Crippen molar-refractivity contribution in [2.45, 2.75) is 27.3 Å². The molecule has 0 fully saturated rings. The maximum absolute atomic E-state index is 5.58. The number of aryl methyl sites for hydroxylation is 3. The number of rotatable bonds is 4. The fraction of sp³-hybridized carbons (Fsp3) is 0.190. The molecule has 0 saturated heterocycles. The largest absolute Gasteiger partial charge is 0.424 e. The van der Waals surface area contributed by atoms with Crippen LogP contribution >= 0.6 is 0 Å². The first kappa shape index (κ1) is 16.3. The van der Waals surface area contributed by atoms with Crippen molar-refractivity contribution in [1.82, 2.24) is 19.7 Å². The van der Waals surface area contributed by atoms with Gasteiger partial charge in [-0.1, -0.05) is 48.5 Å². The summed E-state index contributed by atoms with van der Waals surface area (Å²) >= 11 is 0. The lowest BCUT2D eigenvalue weighted by atomic mass is 9.96. The molecule has 0 N–H and O–H groups in total. The van der Waals surface area contributed by atoms with E-state index in [1.165, 1.54) is 16.7 Å². The van der Waals surface area contributed by atoms with E-state index in [-0.39, 0.29) is 0 Å². The van der Waals surface area contributed by atoms with Crippen LogP contribution in [-0.2, 0) is 6.54 Å². The smallest absolute Gasteiger partial charge is 0.236 e. The zero-order valence-electron chi connectivity index (χ0n) is 15.1. The molecule has 0 radical (unpaired) electrons. The molecule has 4 aromatic rings. The van der Waals surface area contributed by atoms with Crippen LogP contribution in [0.4, 0.5) is 0 Å². The predicted molar refractivity (Wildman–Crippen MR) is 101 cm³/mol. The summed E-state index contributed by atoms with van der Waals surface area (Å²) in [6, 6.07) is 16.6. The highest BCUT2D eigenvalue weighted by Crippen LogP contribution is 2.35. The lowest BCUT2D eigenvalue weighted by Crippen LogP contribution is -2.03.